The van der Waals surface area contributed by atoms with Gasteiger partial charge in [0.2, 0.25) is 0 Å². The van der Waals surface area contributed by atoms with Crippen LogP contribution in [0.4, 0.5) is 0 Å². The average molecular weight is 295 g/mol. The molecule has 124 valence electrons. The van der Waals surface area contributed by atoms with Crippen LogP contribution >= 0.6 is 0 Å². The van der Waals surface area contributed by atoms with Crippen LogP contribution in [0.3, 0.4) is 0 Å². The molecule has 0 aliphatic carbocycles. The van der Waals surface area contributed by atoms with E-state index >= 15 is 0 Å². The van der Waals surface area contributed by atoms with Crippen molar-refractivity contribution in [2.45, 2.75) is 91.0 Å². The second-order valence-corrected chi connectivity index (χ2v) is 6.48. The molecular weight excluding hydrogens is 256 g/mol. The van der Waals surface area contributed by atoms with Crippen LogP contribution < -0.4 is 10.9 Å². The number of unbranched alkanes of at least 4 members (excludes halogenated alkanes) is 6. The van der Waals surface area contributed by atoms with Gasteiger partial charge in [-0.3, -0.25) is 0 Å². The van der Waals surface area contributed by atoms with E-state index < -0.39 is 0 Å². The Kier molecular flexibility index (Phi) is 12.5. The Balaban J connectivity index is 4.52. The van der Waals surface area contributed by atoms with E-state index in [0.29, 0.717) is 6.04 Å². The number of hydrogen-bond acceptors (Lipinski definition) is 2. The molecule has 2 nitrogen and oxygen atoms in total. The maximum atomic E-state index is 4.03. The molecule has 1 atom stereocenters. The zero-order valence-electron chi connectivity index (χ0n) is 14.7. The lowest BCUT2D eigenvalue weighted by molar-refractivity contribution is 0.190. The van der Waals surface area contributed by atoms with Gasteiger partial charge in [-0.1, -0.05) is 84.8 Å². The summed E-state index contributed by atoms with van der Waals surface area (Å²) < 4.78 is 0. The normalized spacial score (nSPS) is 12.9. The summed E-state index contributed by atoms with van der Waals surface area (Å²) in [5, 5.41) is 0. The molecule has 0 aromatic rings. The number of rotatable bonds is 15. The van der Waals surface area contributed by atoms with Crippen molar-refractivity contribution >= 4 is 0 Å². The molecule has 0 rings (SSSR count). The van der Waals surface area contributed by atoms with Crippen molar-refractivity contribution in [3.8, 4) is 0 Å². The van der Waals surface area contributed by atoms with Crippen molar-refractivity contribution in [3.05, 3.63) is 25.4 Å². The van der Waals surface area contributed by atoms with E-state index in [4.69, 9.17) is 0 Å². The quantitative estimate of drug-likeness (QED) is 0.229. The van der Waals surface area contributed by atoms with Crippen molar-refractivity contribution in [1.29, 1.82) is 0 Å². The third kappa shape index (κ3) is 8.98. The zero-order chi connectivity index (χ0) is 16.0. The largest absolute Gasteiger partial charge is 0.329 e. The first-order valence-electron chi connectivity index (χ1n) is 8.89. The summed E-state index contributed by atoms with van der Waals surface area (Å²) in [6.45, 7) is 14.7. The Morgan fingerprint density at radius 3 is 1.81 bits per heavy atom. The summed E-state index contributed by atoms with van der Waals surface area (Å²) in [5.41, 5.74) is 6.68. The fourth-order valence-corrected chi connectivity index (χ4v) is 3.01. The Morgan fingerprint density at radius 1 is 0.905 bits per heavy atom. The van der Waals surface area contributed by atoms with Gasteiger partial charge >= 0.3 is 0 Å². The minimum atomic E-state index is 0.277. The van der Waals surface area contributed by atoms with Crippen LogP contribution in [0.5, 0.6) is 0 Å². The third-order valence-electron chi connectivity index (χ3n) is 4.53. The van der Waals surface area contributed by atoms with Crippen LogP contribution in [-0.2, 0) is 0 Å². The standard InChI is InChI=1S/C19H38N2/c1-6-10-12-14-16-19(5,17-15-13-11-7-2)18(8-3)21-20-9-4/h8-9,18,20-21H,3-4,6-7,10-17H2,1-2,5H3. The highest BCUT2D eigenvalue weighted by atomic mass is 15.4. The molecule has 2 N–H and O–H groups in total. The Hall–Kier alpha value is -0.760. The molecule has 0 amide bonds. The van der Waals surface area contributed by atoms with Crippen LogP contribution in [0, 0.1) is 5.41 Å². The van der Waals surface area contributed by atoms with E-state index in [9.17, 15) is 0 Å². The van der Waals surface area contributed by atoms with E-state index in [-0.39, 0.29) is 5.41 Å². The molecule has 0 saturated heterocycles. The molecule has 0 fully saturated rings. The molecule has 0 aromatic heterocycles. The van der Waals surface area contributed by atoms with Gasteiger partial charge in [-0.25, -0.2) is 5.43 Å². The van der Waals surface area contributed by atoms with Crippen molar-refractivity contribution in [1.82, 2.24) is 10.9 Å². The molecule has 0 aliphatic heterocycles. The maximum absolute atomic E-state index is 4.03. The van der Waals surface area contributed by atoms with E-state index in [1.165, 1.54) is 64.2 Å². The topological polar surface area (TPSA) is 24.1 Å². The van der Waals surface area contributed by atoms with E-state index in [0.717, 1.165) is 0 Å². The van der Waals surface area contributed by atoms with Crippen molar-refractivity contribution in [3.63, 3.8) is 0 Å². The van der Waals surface area contributed by atoms with Gasteiger partial charge in [0.1, 0.15) is 0 Å². The lowest BCUT2D eigenvalue weighted by Crippen LogP contribution is -2.47. The highest BCUT2D eigenvalue weighted by Crippen LogP contribution is 2.35. The molecular formula is C19H38N2. The summed E-state index contributed by atoms with van der Waals surface area (Å²) in [4.78, 5) is 0. The average Bonchev–Trinajstić information content (AvgIpc) is 2.49. The summed E-state index contributed by atoms with van der Waals surface area (Å²) in [6.07, 6.45) is 16.9. The fourth-order valence-electron chi connectivity index (χ4n) is 3.01. The first-order chi connectivity index (χ1) is 10.1. The smallest absolute Gasteiger partial charge is 0.0491 e. The molecule has 0 heterocycles. The molecule has 0 aromatic carbocycles. The number of hydrogen-bond donors (Lipinski definition) is 2. The Morgan fingerprint density at radius 2 is 1.43 bits per heavy atom. The lowest BCUT2D eigenvalue weighted by atomic mass is 9.74. The van der Waals surface area contributed by atoms with Crippen molar-refractivity contribution in [2.24, 2.45) is 5.41 Å². The van der Waals surface area contributed by atoms with Gasteiger partial charge in [0.25, 0.3) is 0 Å². The Bertz CT molecular complexity index is 248. The fraction of sp³-hybridized carbons (Fsp3) is 0.789. The van der Waals surface area contributed by atoms with E-state index in [1.54, 1.807) is 6.20 Å². The molecule has 1 unspecified atom stereocenters. The predicted octanol–water partition coefficient (Wildman–Crippen LogP) is 5.73. The summed E-state index contributed by atoms with van der Waals surface area (Å²) in [6, 6.07) is 0.291. The molecule has 0 aliphatic rings. The molecule has 0 saturated carbocycles. The van der Waals surface area contributed by atoms with Crippen LogP contribution in [0.2, 0.25) is 0 Å². The SMILES string of the molecule is C=CNNC(C=C)C(C)(CCCCCC)CCCCCC. The van der Waals surface area contributed by atoms with Gasteiger partial charge in [0, 0.05) is 12.2 Å². The van der Waals surface area contributed by atoms with Crippen LogP contribution in [0.1, 0.15) is 85.0 Å². The van der Waals surface area contributed by atoms with Crippen molar-refractivity contribution < 1.29 is 0 Å². The van der Waals surface area contributed by atoms with Crippen LogP contribution in [0.25, 0.3) is 0 Å². The van der Waals surface area contributed by atoms with Crippen molar-refractivity contribution in [2.75, 3.05) is 0 Å². The Labute approximate surface area is 133 Å². The highest BCUT2D eigenvalue weighted by Gasteiger charge is 2.31. The molecule has 0 bridgehead atoms. The lowest BCUT2D eigenvalue weighted by Gasteiger charge is -2.37. The zero-order valence-corrected chi connectivity index (χ0v) is 14.7. The molecule has 0 spiro atoms. The van der Waals surface area contributed by atoms with Gasteiger partial charge in [0.15, 0.2) is 0 Å². The minimum Gasteiger partial charge on any atom is -0.329 e. The van der Waals surface area contributed by atoms with E-state index in [2.05, 4.69) is 50.9 Å². The summed E-state index contributed by atoms with van der Waals surface area (Å²) >= 11 is 0. The van der Waals surface area contributed by atoms with E-state index in [1.807, 2.05) is 0 Å². The van der Waals surface area contributed by atoms with Gasteiger partial charge in [-0.15, -0.1) is 6.58 Å². The third-order valence-corrected chi connectivity index (χ3v) is 4.53. The van der Waals surface area contributed by atoms with Crippen LogP contribution in [0.15, 0.2) is 25.4 Å². The van der Waals surface area contributed by atoms with Gasteiger partial charge < -0.3 is 5.43 Å². The number of hydrazine groups is 1. The molecule has 0 radical (unpaired) electrons. The summed E-state index contributed by atoms with van der Waals surface area (Å²) in [5.74, 6) is 0. The molecule has 21 heavy (non-hydrogen) atoms. The maximum Gasteiger partial charge on any atom is 0.0491 e. The van der Waals surface area contributed by atoms with Gasteiger partial charge in [0.05, 0.1) is 0 Å². The molecule has 2 heteroatoms. The van der Waals surface area contributed by atoms with Gasteiger partial charge in [-0.2, -0.15) is 0 Å². The number of nitrogens with one attached hydrogen (secondary N) is 2. The van der Waals surface area contributed by atoms with Gasteiger partial charge in [-0.05, 0) is 18.3 Å². The first kappa shape index (κ1) is 20.2. The minimum absolute atomic E-state index is 0.277. The summed E-state index contributed by atoms with van der Waals surface area (Å²) in [7, 11) is 0. The monoisotopic (exact) mass is 294 g/mol. The first-order valence-corrected chi connectivity index (χ1v) is 8.89. The van der Waals surface area contributed by atoms with Crippen LogP contribution in [-0.4, -0.2) is 6.04 Å². The second-order valence-electron chi connectivity index (χ2n) is 6.48. The highest BCUT2D eigenvalue weighted by molar-refractivity contribution is 4.98. The second kappa shape index (κ2) is 12.9. The predicted molar refractivity (Wildman–Crippen MR) is 96.1 cm³/mol.